The van der Waals surface area contributed by atoms with Crippen LogP contribution in [0.25, 0.3) is 11.6 Å². The number of amides is 1. The van der Waals surface area contributed by atoms with E-state index in [1.165, 1.54) is 0 Å². The number of ether oxygens (including phenoxy) is 3. The summed E-state index contributed by atoms with van der Waals surface area (Å²) in [6.45, 7) is 1.83. The van der Waals surface area contributed by atoms with Gasteiger partial charge in [0.2, 0.25) is 11.8 Å². The minimum atomic E-state index is -0.619. The molecule has 5 rings (SSSR count). The van der Waals surface area contributed by atoms with Crippen molar-refractivity contribution in [3.8, 4) is 28.8 Å². The Hall–Kier alpha value is -4.73. The van der Waals surface area contributed by atoms with Crippen LogP contribution in [0.15, 0.2) is 76.5 Å². The van der Waals surface area contributed by atoms with Crippen LogP contribution in [0.4, 0.5) is 11.6 Å². The number of allylic oxidation sites excluding steroid dienone is 1. The van der Waals surface area contributed by atoms with Crippen molar-refractivity contribution in [3.05, 3.63) is 77.7 Å². The molecule has 184 valence electrons. The molecule has 1 atom stereocenters. The smallest absolute Gasteiger partial charge is 0.255 e. The summed E-state index contributed by atoms with van der Waals surface area (Å²) < 4.78 is 23.5. The molecule has 3 heterocycles. The summed E-state index contributed by atoms with van der Waals surface area (Å²) in [7, 11) is 4.70. The molecular formula is C26H25N5O5. The van der Waals surface area contributed by atoms with Crippen molar-refractivity contribution in [2.75, 3.05) is 32.0 Å². The summed E-state index contributed by atoms with van der Waals surface area (Å²) in [6.07, 6.45) is 1.56. The van der Waals surface area contributed by atoms with Gasteiger partial charge in [-0.3, -0.25) is 4.79 Å². The normalized spacial score (nSPS) is 14.6. The first-order valence-corrected chi connectivity index (χ1v) is 11.2. The number of carbonyl (C=O) groups is 1. The number of furan rings is 1. The van der Waals surface area contributed by atoms with E-state index in [1.807, 2.05) is 31.2 Å². The summed E-state index contributed by atoms with van der Waals surface area (Å²) in [6, 6.07) is 15.7. The molecule has 0 saturated heterocycles. The Kier molecular flexibility index (Phi) is 6.07. The molecule has 0 bridgehead atoms. The highest BCUT2D eigenvalue weighted by molar-refractivity contribution is 6.06. The van der Waals surface area contributed by atoms with Gasteiger partial charge < -0.3 is 29.3 Å². The fourth-order valence-corrected chi connectivity index (χ4v) is 4.22. The van der Waals surface area contributed by atoms with Crippen molar-refractivity contribution in [2.45, 2.75) is 13.0 Å². The molecule has 0 spiro atoms. The average molecular weight is 488 g/mol. The molecule has 0 aliphatic carbocycles. The third-order valence-electron chi connectivity index (χ3n) is 5.92. The minimum absolute atomic E-state index is 0.315. The van der Waals surface area contributed by atoms with Gasteiger partial charge in [-0.2, -0.15) is 4.98 Å². The molecule has 36 heavy (non-hydrogen) atoms. The first kappa shape index (κ1) is 23.0. The van der Waals surface area contributed by atoms with E-state index in [-0.39, 0.29) is 5.91 Å². The lowest BCUT2D eigenvalue weighted by Crippen LogP contribution is -2.31. The third kappa shape index (κ3) is 4.02. The van der Waals surface area contributed by atoms with Gasteiger partial charge in [0, 0.05) is 5.70 Å². The van der Waals surface area contributed by atoms with Crippen LogP contribution in [0.3, 0.4) is 0 Å². The summed E-state index contributed by atoms with van der Waals surface area (Å²) in [5.41, 5.74) is 2.40. The van der Waals surface area contributed by atoms with E-state index in [0.717, 1.165) is 5.56 Å². The van der Waals surface area contributed by atoms with Crippen LogP contribution < -0.4 is 24.8 Å². The van der Waals surface area contributed by atoms with E-state index >= 15 is 0 Å². The van der Waals surface area contributed by atoms with Gasteiger partial charge in [-0.25, -0.2) is 4.68 Å². The maximum absolute atomic E-state index is 13.8. The first-order valence-electron chi connectivity index (χ1n) is 11.2. The fourth-order valence-electron chi connectivity index (χ4n) is 4.22. The Morgan fingerprint density at radius 2 is 1.78 bits per heavy atom. The van der Waals surface area contributed by atoms with Crippen LogP contribution in [0.5, 0.6) is 17.2 Å². The Labute approximate surface area is 207 Å². The van der Waals surface area contributed by atoms with Gasteiger partial charge in [-0.1, -0.05) is 18.2 Å². The first-order chi connectivity index (χ1) is 17.5. The van der Waals surface area contributed by atoms with Gasteiger partial charge in [0.25, 0.3) is 5.91 Å². The number of anilines is 2. The Morgan fingerprint density at radius 1 is 1.00 bits per heavy atom. The van der Waals surface area contributed by atoms with Crippen molar-refractivity contribution < 1.29 is 23.4 Å². The quantitative estimate of drug-likeness (QED) is 0.392. The maximum Gasteiger partial charge on any atom is 0.255 e. The van der Waals surface area contributed by atoms with E-state index in [9.17, 15) is 4.79 Å². The van der Waals surface area contributed by atoms with Crippen molar-refractivity contribution in [2.24, 2.45) is 0 Å². The molecule has 0 fully saturated rings. The molecule has 2 N–H and O–H groups in total. The molecule has 10 heteroatoms. The van der Waals surface area contributed by atoms with Gasteiger partial charge in [0.05, 0.1) is 38.9 Å². The molecule has 0 saturated carbocycles. The molecule has 2 aromatic heterocycles. The third-order valence-corrected chi connectivity index (χ3v) is 5.92. The number of carbonyl (C=O) groups excluding carboxylic acids is 1. The van der Waals surface area contributed by atoms with E-state index in [4.69, 9.17) is 23.7 Å². The highest BCUT2D eigenvalue weighted by Gasteiger charge is 2.35. The molecule has 1 aliphatic heterocycles. The Bertz CT molecular complexity index is 1440. The monoisotopic (exact) mass is 487 g/mol. The molecule has 1 unspecified atom stereocenters. The van der Waals surface area contributed by atoms with Gasteiger partial charge in [-0.15, -0.1) is 5.10 Å². The summed E-state index contributed by atoms with van der Waals surface area (Å²) in [4.78, 5) is 18.4. The largest absolute Gasteiger partial charge is 0.495 e. The molecule has 0 radical (unpaired) electrons. The van der Waals surface area contributed by atoms with Gasteiger partial charge in [0.15, 0.2) is 17.3 Å². The molecule has 4 aromatic rings. The number of fused-ring (bicyclic) bond motifs is 1. The molecule has 1 aliphatic rings. The van der Waals surface area contributed by atoms with Crippen molar-refractivity contribution >= 4 is 17.5 Å². The number of nitrogens with one attached hydrogen (secondary N) is 2. The Balaban J connectivity index is 1.63. The molecule has 2 aromatic carbocycles. The predicted molar refractivity (Wildman–Crippen MR) is 133 cm³/mol. The number of aromatic nitrogens is 3. The number of nitrogens with zero attached hydrogens (tertiary/aromatic N) is 3. The lowest BCUT2D eigenvalue weighted by molar-refractivity contribution is -0.113. The fraction of sp³-hybridized carbons (Fsp3) is 0.192. The van der Waals surface area contributed by atoms with Crippen LogP contribution in [0.1, 0.15) is 18.5 Å². The second-order valence-corrected chi connectivity index (χ2v) is 8.02. The zero-order valence-electron chi connectivity index (χ0n) is 20.2. The van der Waals surface area contributed by atoms with Gasteiger partial charge >= 0.3 is 0 Å². The van der Waals surface area contributed by atoms with Crippen LogP contribution >= 0.6 is 0 Å². The highest BCUT2D eigenvalue weighted by atomic mass is 16.5. The van der Waals surface area contributed by atoms with Crippen molar-refractivity contribution in [3.63, 3.8) is 0 Å². The number of hydrogen-bond acceptors (Lipinski definition) is 8. The summed E-state index contributed by atoms with van der Waals surface area (Å²) in [5, 5.41) is 10.9. The second-order valence-electron chi connectivity index (χ2n) is 8.02. The van der Waals surface area contributed by atoms with Gasteiger partial charge in [-0.05, 0) is 48.9 Å². The number of hydrogen-bond donors (Lipinski definition) is 2. The highest BCUT2D eigenvalue weighted by Crippen LogP contribution is 2.40. The van der Waals surface area contributed by atoms with Crippen LogP contribution in [-0.4, -0.2) is 42.0 Å². The van der Waals surface area contributed by atoms with Crippen LogP contribution in [0, 0.1) is 0 Å². The maximum atomic E-state index is 13.8. The molecular weight excluding hydrogens is 462 g/mol. The zero-order chi connectivity index (χ0) is 25.2. The zero-order valence-corrected chi connectivity index (χ0v) is 20.2. The second kappa shape index (κ2) is 9.49. The summed E-state index contributed by atoms with van der Waals surface area (Å²) >= 11 is 0. The molecule has 1 amide bonds. The van der Waals surface area contributed by atoms with Crippen LogP contribution in [0.2, 0.25) is 0 Å². The summed E-state index contributed by atoms with van der Waals surface area (Å²) in [5.74, 6) is 2.73. The minimum Gasteiger partial charge on any atom is -0.495 e. The van der Waals surface area contributed by atoms with E-state index in [0.29, 0.717) is 51.7 Å². The topological polar surface area (TPSA) is 113 Å². The van der Waals surface area contributed by atoms with Gasteiger partial charge in [0.1, 0.15) is 11.8 Å². The van der Waals surface area contributed by atoms with Crippen molar-refractivity contribution in [1.82, 2.24) is 14.8 Å². The van der Waals surface area contributed by atoms with Crippen LogP contribution in [-0.2, 0) is 4.79 Å². The number of para-hydroxylation sites is 2. The standard InChI is InChI=1S/C26H25N5O5/c1-15-22(25(32)28-17-8-5-6-9-18(17)33-2)23(16-11-12-19(34-3)21(14-16)35-4)31-26(27-15)29-24(30-31)20-10-7-13-36-20/h5-14,23H,1-4H3,(H,28,32)(H,27,29,30). The van der Waals surface area contributed by atoms with E-state index in [1.54, 1.807) is 62.6 Å². The SMILES string of the molecule is COc1ccccc1NC(=O)C1=C(C)Nc2nc(-c3ccco3)nn2C1c1ccc(OC)c(OC)c1. The van der Waals surface area contributed by atoms with Crippen molar-refractivity contribution in [1.29, 1.82) is 0 Å². The molecule has 10 nitrogen and oxygen atoms in total. The number of benzene rings is 2. The Morgan fingerprint density at radius 3 is 2.50 bits per heavy atom. The van der Waals surface area contributed by atoms with E-state index < -0.39 is 6.04 Å². The lowest BCUT2D eigenvalue weighted by atomic mass is 9.94. The van der Waals surface area contributed by atoms with E-state index in [2.05, 4.69) is 15.6 Å². The average Bonchev–Trinajstić information content (AvgIpc) is 3.58. The number of methoxy groups -OCH3 is 3. The lowest BCUT2D eigenvalue weighted by Gasteiger charge is -2.29. The number of rotatable bonds is 7. The predicted octanol–water partition coefficient (Wildman–Crippen LogP) is 4.49.